The van der Waals surface area contributed by atoms with Crippen LogP contribution in [0.25, 0.3) is 0 Å². The van der Waals surface area contributed by atoms with Crippen LogP contribution in [0.2, 0.25) is 5.15 Å². The first-order valence-electron chi connectivity index (χ1n) is 5.76. The number of hydrogen-bond donors (Lipinski definition) is 0. The van der Waals surface area contributed by atoms with Gasteiger partial charge >= 0.3 is 5.97 Å². The van der Waals surface area contributed by atoms with Crippen LogP contribution in [0.3, 0.4) is 0 Å². The van der Waals surface area contributed by atoms with E-state index in [1.54, 1.807) is 49.4 Å². The molecule has 1 aromatic carbocycles. The molecule has 98 valence electrons. The molecule has 0 fully saturated rings. The van der Waals surface area contributed by atoms with E-state index in [4.69, 9.17) is 21.1 Å². The number of aromatic nitrogens is 1. The van der Waals surface area contributed by atoms with E-state index in [0.29, 0.717) is 29.0 Å². The minimum Gasteiger partial charge on any atom is -0.462 e. The van der Waals surface area contributed by atoms with Crippen molar-refractivity contribution in [3.05, 3.63) is 53.2 Å². The fourth-order valence-electron chi connectivity index (χ4n) is 1.44. The van der Waals surface area contributed by atoms with Gasteiger partial charge in [0.2, 0.25) is 5.88 Å². The number of benzene rings is 1. The number of pyridine rings is 1. The third kappa shape index (κ3) is 3.69. The summed E-state index contributed by atoms with van der Waals surface area (Å²) in [6, 6.07) is 11.7. The molecule has 0 amide bonds. The molecule has 0 bridgehead atoms. The molecule has 2 rings (SSSR count). The van der Waals surface area contributed by atoms with Crippen molar-refractivity contribution < 1.29 is 14.3 Å². The number of carbonyl (C=O) groups excluding carboxylic acids is 1. The van der Waals surface area contributed by atoms with E-state index < -0.39 is 0 Å². The highest BCUT2D eigenvalue weighted by atomic mass is 35.5. The van der Waals surface area contributed by atoms with Gasteiger partial charge in [-0.2, -0.15) is 0 Å². The Balaban J connectivity index is 2.08. The van der Waals surface area contributed by atoms with E-state index in [0.717, 1.165) is 0 Å². The van der Waals surface area contributed by atoms with Crippen LogP contribution < -0.4 is 4.74 Å². The fraction of sp³-hybridized carbons (Fsp3) is 0.143. The molecule has 2 aromatic rings. The van der Waals surface area contributed by atoms with Crippen LogP contribution in [0.5, 0.6) is 11.6 Å². The highest BCUT2D eigenvalue weighted by molar-refractivity contribution is 6.29. The lowest BCUT2D eigenvalue weighted by atomic mass is 10.2. The van der Waals surface area contributed by atoms with Crippen molar-refractivity contribution in [2.75, 3.05) is 6.61 Å². The Hall–Kier alpha value is -2.07. The maximum atomic E-state index is 11.5. The van der Waals surface area contributed by atoms with Gasteiger partial charge in [-0.1, -0.05) is 17.7 Å². The standard InChI is InChI=1S/C14H12ClNO3/c1-2-18-14(17)10-6-8-11(9-7-10)19-13-5-3-4-12(15)16-13/h3-9H,2H2,1H3. The Labute approximate surface area is 115 Å². The summed E-state index contributed by atoms with van der Waals surface area (Å²) in [7, 11) is 0. The monoisotopic (exact) mass is 277 g/mol. The van der Waals surface area contributed by atoms with Gasteiger partial charge in [-0.25, -0.2) is 9.78 Å². The molecular weight excluding hydrogens is 266 g/mol. The summed E-state index contributed by atoms with van der Waals surface area (Å²) in [6.07, 6.45) is 0. The highest BCUT2D eigenvalue weighted by Gasteiger charge is 2.06. The number of esters is 1. The predicted octanol–water partition coefficient (Wildman–Crippen LogP) is 3.70. The van der Waals surface area contributed by atoms with Crippen molar-refractivity contribution in [3.8, 4) is 11.6 Å². The molecule has 5 heteroatoms. The minimum absolute atomic E-state index is 0.351. The molecule has 19 heavy (non-hydrogen) atoms. The molecular formula is C14H12ClNO3. The van der Waals surface area contributed by atoms with E-state index in [9.17, 15) is 4.79 Å². The molecule has 0 aliphatic heterocycles. The van der Waals surface area contributed by atoms with Gasteiger partial charge in [0.15, 0.2) is 0 Å². The molecule has 0 radical (unpaired) electrons. The van der Waals surface area contributed by atoms with Gasteiger partial charge in [0.05, 0.1) is 12.2 Å². The number of hydrogen-bond acceptors (Lipinski definition) is 4. The third-order valence-electron chi connectivity index (χ3n) is 2.28. The van der Waals surface area contributed by atoms with Crippen LogP contribution >= 0.6 is 11.6 Å². The van der Waals surface area contributed by atoms with Crippen molar-refractivity contribution in [3.63, 3.8) is 0 Å². The number of nitrogens with zero attached hydrogens (tertiary/aromatic N) is 1. The van der Waals surface area contributed by atoms with Crippen LogP contribution in [-0.2, 0) is 4.74 Å². The Morgan fingerprint density at radius 1 is 1.21 bits per heavy atom. The van der Waals surface area contributed by atoms with E-state index in [2.05, 4.69) is 4.98 Å². The Kier molecular flexibility index (Phi) is 4.36. The SMILES string of the molecule is CCOC(=O)c1ccc(Oc2cccc(Cl)n2)cc1. The molecule has 4 nitrogen and oxygen atoms in total. The van der Waals surface area contributed by atoms with Gasteiger partial charge in [-0.05, 0) is 37.3 Å². The zero-order valence-corrected chi connectivity index (χ0v) is 11.1. The van der Waals surface area contributed by atoms with Gasteiger partial charge in [-0.15, -0.1) is 0 Å². The lowest BCUT2D eigenvalue weighted by Gasteiger charge is -2.06. The molecule has 1 aromatic heterocycles. The summed E-state index contributed by atoms with van der Waals surface area (Å²) >= 11 is 5.76. The maximum absolute atomic E-state index is 11.5. The average molecular weight is 278 g/mol. The molecule has 0 atom stereocenters. The summed E-state index contributed by atoms with van der Waals surface area (Å²) in [6.45, 7) is 2.11. The van der Waals surface area contributed by atoms with E-state index in [-0.39, 0.29) is 5.97 Å². The second-order valence-electron chi connectivity index (χ2n) is 3.65. The van der Waals surface area contributed by atoms with Crippen LogP contribution in [0.1, 0.15) is 17.3 Å². The molecule has 0 aliphatic rings. The molecule has 0 aliphatic carbocycles. The Bertz CT molecular complexity index is 569. The summed E-state index contributed by atoms with van der Waals surface area (Å²) in [5.74, 6) is 0.620. The maximum Gasteiger partial charge on any atom is 0.338 e. The van der Waals surface area contributed by atoms with Crippen molar-refractivity contribution in [1.29, 1.82) is 0 Å². The molecule has 0 saturated carbocycles. The first kappa shape index (κ1) is 13.4. The van der Waals surface area contributed by atoms with Gasteiger partial charge in [0.25, 0.3) is 0 Å². The van der Waals surface area contributed by atoms with E-state index >= 15 is 0 Å². The topological polar surface area (TPSA) is 48.4 Å². The minimum atomic E-state index is -0.352. The molecule has 1 heterocycles. The second kappa shape index (κ2) is 6.20. The first-order valence-corrected chi connectivity index (χ1v) is 6.14. The lowest BCUT2D eigenvalue weighted by Crippen LogP contribution is -2.04. The van der Waals surface area contributed by atoms with Gasteiger partial charge in [0.1, 0.15) is 10.9 Å². The summed E-state index contributed by atoms with van der Waals surface area (Å²) in [5.41, 5.74) is 0.480. The average Bonchev–Trinajstić information content (AvgIpc) is 2.40. The van der Waals surface area contributed by atoms with E-state index in [1.807, 2.05) is 0 Å². The quantitative estimate of drug-likeness (QED) is 0.631. The van der Waals surface area contributed by atoms with Crippen molar-refractivity contribution in [2.24, 2.45) is 0 Å². The number of rotatable bonds is 4. The number of carbonyl (C=O) groups is 1. The lowest BCUT2D eigenvalue weighted by molar-refractivity contribution is 0.0526. The van der Waals surface area contributed by atoms with Crippen molar-refractivity contribution in [1.82, 2.24) is 4.98 Å². The Morgan fingerprint density at radius 3 is 2.58 bits per heavy atom. The van der Waals surface area contributed by atoms with Gasteiger partial charge in [0, 0.05) is 6.07 Å². The van der Waals surface area contributed by atoms with Crippen molar-refractivity contribution >= 4 is 17.6 Å². The second-order valence-corrected chi connectivity index (χ2v) is 4.03. The summed E-state index contributed by atoms with van der Waals surface area (Å²) in [5, 5.41) is 0.362. The van der Waals surface area contributed by atoms with E-state index in [1.165, 1.54) is 0 Å². The zero-order chi connectivity index (χ0) is 13.7. The first-order chi connectivity index (χ1) is 9.19. The number of ether oxygens (including phenoxy) is 2. The van der Waals surface area contributed by atoms with Crippen LogP contribution in [0.4, 0.5) is 0 Å². The normalized spacial score (nSPS) is 10.0. The van der Waals surface area contributed by atoms with Crippen LogP contribution in [0, 0.1) is 0 Å². The summed E-state index contributed by atoms with van der Waals surface area (Å²) in [4.78, 5) is 15.5. The molecule has 0 unspecified atom stereocenters. The van der Waals surface area contributed by atoms with Crippen molar-refractivity contribution in [2.45, 2.75) is 6.92 Å². The fourth-order valence-corrected chi connectivity index (χ4v) is 1.60. The van der Waals surface area contributed by atoms with Crippen LogP contribution in [0.15, 0.2) is 42.5 Å². The van der Waals surface area contributed by atoms with Crippen LogP contribution in [-0.4, -0.2) is 17.6 Å². The van der Waals surface area contributed by atoms with Gasteiger partial charge < -0.3 is 9.47 Å². The Morgan fingerprint density at radius 2 is 1.95 bits per heavy atom. The highest BCUT2D eigenvalue weighted by Crippen LogP contribution is 2.21. The smallest absolute Gasteiger partial charge is 0.338 e. The predicted molar refractivity (Wildman–Crippen MR) is 71.7 cm³/mol. The molecule has 0 N–H and O–H groups in total. The number of halogens is 1. The zero-order valence-electron chi connectivity index (χ0n) is 10.3. The third-order valence-corrected chi connectivity index (χ3v) is 2.49. The largest absolute Gasteiger partial charge is 0.462 e. The molecule has 0 spiro atoms. The van der Waals surface area contributed by atoms with Gasteiger partial charge in [-0.3, -0.25) is 0 Å². The summed E-state index contributed by atoms with van der Waals surface area (Å²) < 4.78 is 10.4. The molecule has 0 saturated heterocycles.